The largest absolute Gasteiger partial charge is 0.497 e. The minimum absolute atomic E-state index is 0.262. The third-order valence-corrected chi connectivity index (χ3v) is 5.04. The lowest BCUT2D eigenvalue weighted by Gasteiger charge is -2.06. The SMILES string of the molecule is CNC(=O)c1cc(Oc2ccc3nc(Nc4cccc(OC)c4)sc3c2)ccn1. The molecule has 0 radical (unpaired) electrons. The summed E-state index contributed by atoms with van der Waals surface area (Å²) in [5.41, 5.74) is 2.07. The van der Waals surface area contributed by atoms with Crippen molar-refractivity contribution < 1.29 is 14.3 Å². The summed E-state index contributed by atoms with van der Waals surface area (Å²) in [5, 5.41) is 6.62. The van der Waals surface area contributed by atoms with Gasteiger partial charge in [-0.3, -0.25) is 9.78 Å². The number of rotatable bonds is 6. The van der Waals surface area contributed by atoms with Crippen LogP contribution in [0.15, 0.2) is 60.8 Å². The van der Waals surface area contributed by atoms with E-state index in [0.29, 0.717) is 17.2 Å². The molecule has 7 nitrogen and oxygen atoms in total. The number of ether oxygens (including phenoxy) is 2. The predicted molar refractivity (Wildman–Crippen MR) is 114 cm³/mol. The highest BCUT2D eigenvalue weighted by molar-refractivity contribution is 7.22. The minimum Gasteiger partial charge on any atom is -0.497 e. The molecule has 146 valence electrons. The Labute approximate surface area is 171 Å². The van der Waals surface area contributed by atoms with Crippen LogP contribution in [0.2, 0.25) is 0 Å². The van der Waals surface area contributed by atoms with E-state index in [1.54, 1.807) is 32.5 Å². The number of hydrogen-bond acceptors (Lipinski definition) is 7. The van der Waals surface area contributed by atoms with E-state index in [1.165, 1.54) is 11.3 Å². The van der Waals surface area contributed by atoms with Crippen LogP contribution in [0.1, 0.15) is 10.5 Å². The highest BCUT2D eigenvalue weighted by atomic mass is 32.1. The Bertz CT molecular complexity index is 1180. The number of carbonyl (C=O) groups is 1. The summed E-state index contributed by atoms with van der Waals surface area (Å²) in [5.74, 6) is 1.71. The molecule has 0 fully saturated rings. The van der Waals surface area contributed by atoms with Gasteiger partial charge in [-0.25, -0.2) is 4.98 Å². The van der Waals surface area contributed by atoms with Crippen LogP contribution in [0.5, 0.6) is 17.2 Å². The lowest BCUT2D eigenvalue weighted by atomic mass is 10.3. The van der Waals surface area contributed by atoms with Crippen LogP contribution >= 0.6 is 11.3 Å². The van der Waals surface area contributed by atoms with Crippen LogP contribution in [0, 0.1) is 0 Å². The highest BCUT2D eigenvalue weighted by Gasteiger charge is 2.09. The van der Waals surface area contributed by atoms with E-state index < -0.39 is 0 Å². The van der Waals surface area contributed by atoms with Gasteiger partial charge < -0.3 is 20.1 Å². The molecule has 0 unspecified atom stereocenters. The fourth-order valence-electron chi connectivity index (χ4n) is 2.71. The second kappa shape index (κ2) is 8.15. The maximum atomic E-state index is 11.7. The molecular weight excluding hydrogens is 388 g/mol. The van der Waals surface area contributed by atoms with Crippen LogP contribution in [0.25, 0.3) is 10.2 Å². The Kier molecular flexibility index (Phi) is 5.26. The molecule has 4 aromatic rings. The van der Waals surface area contributed by atoms with Crippen LogP contribution < -0.4 is 20.1 Å². The Morgan fingerprint density at radius 1 is 1.03 bits per heavy atom. The molecule has 0 bridgehead atoms. The number of pyridine rings is 1. The number of aromatic nitrogens is 2. The summed E-state index contributed by atoms with van der Waals surface area (Å²) in [6.07, 6.45) is 1.54. The first kappa shape index (κ1) is 18.7. The van der Waals surface area contributed by atoms with E-state index >= 15 is 0 Å². The summed E-state index contributed by atoms with van der Waals surface area (Å²) in [4.78, 5) is 20.4. The number of anilines is 2. The number of thiazole rings is 1. The van der Waals surface area contributed by atoms with Crippen molar-refractivity contribution in [2.75, 3.05) is 19.5 Å². The van der Waals surface area contributed by atoms with Gasteiger partial charge in [0.1, 0.15) is 22.9 Å². The molecular formula is C21H18N4O3S. The maximum absolute atomic E-state index is 11.7. The average molecular weight is 406 g/mol. The third kappa shape index (κ3) is 4.27. The zero-order valence-corrected chi connectivity index (χ0v) is 16.6. The molecule has 0 saturated carbocycles. The van der Waals surface area contributed by atoms with Gasteiger partial charge in [0.05, 0.1) is 17.3 Å². The first-order chi connectivity index (χ1) is 14.1. The zero-order chi connectivity index (χ0) is 20.2. The normalized spacial score (nSPS) is 10.6. The molecule has 1 amide bonds. The van der Waals surface area contributed by atoms with Crippen molar-refractivity contribution in [3.63, 3.8) is 0 Å². The van der Waals surface area contributed by atoms with Crippen molar-refractivity contribution in [1.82, 2.24) is 15.3 Å². The van der Waals surface area contributed by atoms with Crippen molar-refractivity contribution in [3.05, 3.63) is 66.5 Å². The first-order valence-corrected chi connectivity index (χ1v) is 9.64. The summed E-state index contributed by atoms with van der Waals surface area (Å²) in [6.45, 7) is 0. The zero-order valence-electron chi connectivity index (χ0n) is 15.8. The topological polar surface area (TPSA) is 85.4 Å². The molecule has 4 rings (SSSR count). The standard InChI is InChI=1S/C21H18N4O3S/c1-22-20(26)18-11-16(8-9-23-18)28-15-6-7-17-19(12-15)29-21(25-17)24-13-4-3-5-14(10-13)27-2/h3-12H,1-2H3,(H,22,26)(H,24,25). The molecule has 0 atom stereocenters. The summed E-state index contributed by atoms with van der Waals surface area (Å²) < 4.78 is 12.1. The van der Waals surface area contributed by atoms with Gasteiger partial charge in [0.15, 0.2) is 5.13 Å². The van der Waals surface area contributed by atoms with Gasteiger partial charge in [-0.1, -0.05) is 17.4 Å². The summed E-state index contributed by atoms with van der Waals surface area (Å²) in [6, 6.07) is 16.7. The monoisotopic (exact) mass is 406 g/mol. The molecule has 0 spiro atoms. The van der Waals surface area contributed by atoms with Gasteiger partial charge in [-0.05, 0) is 30.3 Å². The van der Waals surface area contributed by atoms with E-state index in [9.17, 15) is 4.79 Å². The molecule has 2 aromatic carbocycles. The van der Waals surface area contributed by atoms with E-state index in [2.05, 4.69) is 20.6 Å². The number of methoxy groups -OCH3 is 1. The third-order valence-electron chi connectivity index (χ3n) is 4.11. The smallest absolute Gasteiger partial charge is 0.269 e. The van der Waals surface area contributed by atoms with Crippen molar-refractivity contribution >= 4 is 38.3 Å². The fraction of sp³-hybridized carbons (Fsp3) is 0.0952. The molecule has 2 N–H and O–H groups in total. The van der Waals surface area contributed by atoms with Crippen molar-refractivity contribution in [3.8, 4) is 17.2 Å². The number of fused-ring (bicyclic) bond motifs is 1. The lowest BCUT2D eigenvalue weighted by Crippen LogP contribution is -2.18. The molecule has 2 heterocycles. The molecule has 8 heteroatoms. The molecule has 0 aliphatic carbocycles. The Morgan fingerprint density at radius 3 is 2.72 bits per heavy atom. The summed E-state index contributed by atoms with van der Waals surface area (Å²) in [7, 11) is 3.20. The van der Waals surface area contributed by atoms with E-state index in [0.717, 1.165) is 26.8 Å². The van der Waals surface area contributed by atoms with E-state index in [1.807, 2.05) is 42.5 Å². The highest BCUT2D eigenvalue weighted by Crippen LogP contribution is 2.33. The Hall–Kier alpha value is -3.65. The van der Waals surface area contributed by atoms with E-state index in [-0.39, 0.29) is 5.91 Å². The average Bonchev–Trinajstić information content (AvgIpc) is 3.15. The minimum atomic E-state index is -0.262. The van der Waals surface area contributed by atoms with Gasteiger partial charge in [-0.2, -0.15) is 0 Å². The second-order valence-electron chi connectivity index (χ2n) is 6.06. The molecule has 2 aromatic heterocycles. The fourth-order valence-corrected chi connectivity index (χ4v) is 3.62. The van der Waals surface area contributed by atoms with Crippen LogP contribution in [-0.4, -0.2) is 30.0 Å². The predicted octanol–water partition coefficient (Wildman–Crippen LogP) is 4.60. The van der Waals surface area contributed by atoms with E-state index in [4.69, 9.17) is 9.47 Å². The molecule has 29 heavy (non-hydrogen) atoms. The number of carbonyl (C=O) groups excluding carboxylic acids is 1. The van der Waals surface area contributed by atoms with Gasteiger partial charge in [-0.15, -0.1) is 0 Å². The van der Waals surface area contributed by atoms with Crippen molar-refractivity contribution in [1.29, 1.82) is 0 Å². The van der Waals surface area contributed by atoms with Crippen molar-refractivity contribution in [2.24, 2.45) is 0 Å². The van der Waals surface area contributed by atoms with Crippen LogP contribution in [0.4, 0.5) is 10.8 Å². The number of amides is 1. The Balaban J connectivity index is 1.54. The molecule has 0 aliphatic rings. The summed E-state index contributed by atoms with van der Waals surface area (Å²) >= 11 is 1.52. The molecule has 0 saturated heterocycles. The maximum Gasteiger partial charge on any atom is 0.269 e. The Morgan fingerprint density at radius 2 is 1.90 bits per heavy atom. The van der Waals surface area contributed by atoms with Crippen LogP contribution in [0.3, 0.4) is 0 Å². The van der Waals surface area contributed by atoms with Gasteiger partial charge >= 0.3 is 0 Å². The van der Waals surface area contributed by atoms with Gasteiger partial charge in [0.25, 0.3) is 5.91 Å². The number of nitrogens with one attached hydrogen (secondary N) is 2. The van der Waals surface area contributed by atoms with Crippen molar-refractivity contribution in [2.45, 2.75) is 0 Å². The second-order valence-corrected chi connectivity index (χ2v) is 7.09. The lowest BCUT2D eigenvalue weighted by molar-refractivity contribution is 0.0958. The number of hydrogen-bond donors (Lipinski definition) is 2. The van der Waals surface area contributed by atoms with Gasteiger partial charge in [0.2, 0.25) is 0 Å². The molecule has 0 aliphatic heterocycles. The van der Waals surface area contributed by atoms with Gasteiger partial charge in [0, 0.05) is 37.1 Å². The first-order valence-electron chi connectivity index (χ1n) is 8.82. The van der Waals surface area contributed by atoms with Crippen LogP contribution in [-0.2, 0) is 0 Å². The quantitative estimate of drug-likeness (QED) is 0.487. The number of benzene rings is 2. The number of nitrogens with zero attached hydrogens (tertiary/aromatic N) is 2.